The molecular formula is C14H10N2O2+2. The summed E-state index contributed by atoms with van der Waals surface area (Å²) in [6, 6.07) is 17.6. The highest BCUT2D eigenvalue weighted by molar-refractivity contribution is 6.52. The molecule has 86 valence electrons. The molecule has 0 saturated carbocycles. The summed E-state index contributed by atoms with van der Waals surface area (Å²) in [4.78, 5) is 27.8. The van der Waals surface area contributed by atoms with Crippen LogP contribution in [-0.2, 0) is 0 Å². The van der Waals surface area contributed by atoms with Crippen LogP contribution in [0.4, 0.5) is 0 Å². The summed E-state index contributed by atoms with van der Waals surface area (Å²) in [5.41, 5.74) is 1.26. The third-order valence-corrected chi connectivity index (χ3v) is 2.50. The standard InChI is InChI=1S/C14H10N2O2/c17-15-13(11-7-3-1-4-8-11)14(16-18)12-9-5-2-6-10-12/h1-10H/q+2. The van der Waals surface area contributed by atoms with Gasteiger partial charge in [-0.3, -0.25) is 0 Å². The molecule has 0 saturated heterocycles. The normalized spacial score (nSPS) is 9.11. The zero-order chi connectivity index (χ0) is 12.8. The van der Waals surface area contributed by atoms with E-state index in [4.69, 9.17) is 0 Å². The molecule has 0 aliphatic carbocycles. The third-order valence-electron chi connectivity index (χ3n) is 2.50. The van der Waals surface area contributed by atoms with E-state index in [1.165, 1.54) is 0 Å². The van der Waals surface area contributed by atoms with Crippen LogP contribution in [0.3, 0.4) is 0 Å². The molecule has 0 unspecified atom stereocenters. The number of rotatable bonds is 3. The van der Waals surface area contributed by atoms with Gasteiger partial charge >= 0.3 is 11.4 Å². The van der Waals surface area contributed by atoms with Gasteiger partial charge in [0.15, 0.2) is 9.81 Å². The van der Waals surface area contributed by atoms with Gasteiger partial charge in [0, 0.05) is 0 Å². The van der Waals surface area contributed by atoms with Gasteiger partial charge in [0.05, 0.1) is 11.1 Å². The third kappa shape index (κ3) is 2.30. The monoisotopic (exact) mass is 238 g/mol. The molecule has 4 heteroatoms. The maximum absolute atomic E-state index is 11.0. The predicted octanol–water partition coefficient (Wildman–Crippen LogP) is 1.63. The highest BCUT2D eigenvalue weighted by atomic mass is 16.2. The molecule has 0 aliphatic heterocycles. The zero-order valence-electron chi connectivity index (χ0n) is 9.48. The van der Waals surface area contributed by atoms with Gasteiger partial charge in [-0.2, -0.15) is 0 Å². The molecule has 18 heavy (non-hydrogen) atoms. The van der Waals surface area contributed by atoms with E-state index < -0.39 is 0 Å². The Morgan fingerprint density at radius 2 is 0.944 bits per heavy atom. The van der Waals surface area contributed by atoms with E-state index in [-0.39, 0.29) is 11.4 Å². The minimum atomic E-state index is 0.0526. The molecule has 4 nitrogen and oxygen atoms in total. The second-order valence-corrected chi connectivity index (χ2v) is 3.61. The first kappa shape index (κ1) is 11.7. The van der Waals surface area contributed by atoms with Gasteiger partial charge in [-0.1, -0.05) is 36.4 Å². The molecule has 2 aromatic carbocycles. The number of benzene rings is 2. The fourth-order valence-electron chi connectivity index (χ4n) is 1.66. The lowest BCUT2D eigenvalue weighted by molar-refractivity contribution is 1.51. The van der Waals surface area contributed by atoms with Gasteiger partial charge in [0.2, 0.25) is 9.70 Å². The zero-order valence-corrected chi connectivity index (χ0v) is 9.48. The van der Waals surface area contributed by atoms with Crippen molar-refractivity contribution in [2.45, 2.75) is 0 Å². The topological polar surface area (TPSA) is 62.3 Å². The SMILES string of the molecule is O=[N+]=C(C(=[N+]=O)c1ccccc1)c1ccccc1. The minimum Gasteiger partial charge on any atom is -0.0622 e. The Morgan fingerprint density at radius 1 is 0.611 bits per heavy atom. The van der Waals surface area contributed by atoms with Crippen molar-refractivity contribution in [1.82, 2.24) is 9.70 Å². The van der Waals surface area contributed by atoms with Crippen molar-refractivity contribution in [1.29, 1.82) is 0 Å². The summed E-state index contributed by atoms with van der Waals surface area (Å²) in [5.74, 6) is 0. The van der Waals surface area contributed by atoms with E-state index in [0.29, 0.717) is 11.1 Å². The lowest BCUT2D eigenvalue weighted by Crippen LogP contribution is -2.21. The second kappa shape index (κ2) is 5.51. The Kier molecular flexibility index (Phi) is 3.57. The molecule has 2 rings (SSSR count). The van der Waals surface area contributed by atoms with E-state index in [1.54, 1.807) is 48.5 Å². The summed E-state index contributed by atoms with van der Waals surface area (Å²) >= 11 is 0. The van der Waals surface area contributed by atoms with E-state index in [9.17, 15) is 9.81 Å². The predicted molar refractivity (Wildman–Crippen MR) is 72.1 cm³/mol. The number of nitrogens with zero attached hydrogens (tertiary/aromatic N) is 2. The maximum Gasteiger partial charge on any atom is 0.498 e. The molecule has 0 N–H and O–H groups in total. The Bertz CT molecular complexity index is 579. The van der Waals surface area contributed by atoms with E-state index in [0.717, 1.165) is 0 Å². The van der Waals surface area contributed by atoms with Crippen LogP contribution in [0.25, 0.3) is 0 Å². The number of hydrogen-bond acceptors (Lipinski definition) is 2. The van der Waals surface area contributed by atoms with Crippen molar-refractivity contribution in [3.63, 3.8) is 0 Å². The van der Waals surface area contributed by atoms with E-state index >= 15 is 0 Å². The van der Waals surface area contributed by atoms with Crippen molar-refractivity contribution in [2.24, 2.45) is 0 Å². The molecule has 0 amide bonds. The van der Waals surface area contributed by atoms with Crippen molar-refractivity contribution in [3.8, 4) is 0 Å². The summed E-state index contributed by atoms with van der Waals surface area (Å²) < 4.78 is 0. The molecule has 0 atom stereocenters. The summed E-state index contributed by atoms with van der Waals surface area (Å²) in [6.07, 6.45) is 0. The molecule has 0 aromatic heterocycles. The lowest BCUT2D eigenvalue weighted by Gasteiger charge is -1.89. The highest BCUT2D eigenvalue weighted by Gasteiger charge is 2.38. The molecule has 0 bridgehead atoms. The molecule has 0 radical (unpaired) electrons. The highest BCUT2D eigenvalue weighted by Crippen LogP contribution is 2.06. The minimum absolute atomic E-state index is 0.0526. The van der Waals surface area contributed by atoms with E-state index in [2.05, 4.69) is 9.70 Å². The molecular weight excluding hydrogens is 228 g/mol. The van der Waals surface area contributed by atoms with Gasteiger partial charge < -0.3 is 0 Å². The van der Waals surface area contributed by atoms with Gasteiger partial charge in [-0.25, -0.2) is 0 Å². The smallest absolute Gasteiger partial charge is 0.0622 e. The van der Waals surface area contributed by atoms with Crippen molar-refractivity contribution in [2.75, 3.05) is 0 Å². The second-order valence-electron chi connectivity index (χ2n) is 3.61. The fourth-order valence-corrected chi connectivity index (χ4v) is 1.66. The van der Waals surface area contributed by atoms with Crippen LogP contribution >= 0.6 is 0 Å². The Morgan fingerprint density at radius 3 is 1.22 bits per heavy atom. The average Bonchev–Trinajstić information content (AvgIpc) is 2.46. The van der Waals surface area contributed by atoms with Crippen LogP contribution in [0.1, 0.15) is 11.1 Å². The van der Waals surface area contributed by atoms with Gasteiger partial charge in [-0.15, -0.1) is 0 Å². The maximum atomic E-state index is 11.0. The summed E-state index contributed by atoms with van der Waals surface area (Å²) in [5, 5.41) is 0. The van der Waals surface area contributed by atoms with Crippen molar-refractivity contribution in [3.05, 3.63) is 81.6 Å². The number of hydrogen-bond donors (Lipinski definition) is 0. The lowest BCUT2D eigenvalue weighted by atomic mass is 10.0. The van der Waals surface area contributed by atoms with Crippen molar-refractivity contribution < 1.29 is 0 Å². The summed E-state index contributed by atoms with van der Waals surface area (Å²) in [7, 11) is 0. The quantitative estimate of drug-likeness (QED) is 0.602. The van der Waals surface area contributed by atoms with E-state index in [1.807, 2.05) is 12.1 Å². The van der Waals surface area contributed by atoms with Gasteiger partial charge in [0.25, 0.3) is 0 Å². The Balaban J connectivity index is 2.53. The summed E-state index contributed by atoms with van der Waals surface area (Å²) in [6.45, 7) is 0. The van der Waals surface area contributed by atoms with Crippen LogP contribution < -0.4 is 9.70 Å². The Hall–Kier alpha value is -2.80. The van der Waals surface area contributed by atoms with Gasteiger partial charge in [-0.05, 0) is 24.3 Å². The molecule has 0 fully saturated rings. The average molecular weight is 238 g/mol. The molecule has 2 aromatic rings. The van der Waals surface area contributed by atoms with Crippen molar-refractivity contribution >= 4 is 11.4 Å². The number of nitroso groups, excluding NO2 is 2. The first-order valence-corrected chi connectivity index (χ1v) is 5.38. The Labute approximate surface area is 103 Å². The van der Waals surface area contributed by atoms with Crippen LogP contribution in [-0.4, -0.2) is 11.4 Å². The van der Waals surface area contributed by atoms with Crippen LogP contribution in [0, 0.1) is 9.81 Å². The van der Waals surface area contributed by atoms with Crippen LogP contribution in [0.15, 0.2) is 60.7 Å². The molecule has 0 spiro atoms. The molecule has 0 heterocycles. The van der Waals surface area contributed by atoms with Gasteiger partial charge in [0.1, 0.15) is 0 Å². The first-order chi connectivity index (χ1) is 8.86. The van der Waals surface area contributed by atoms with Crippen LogP contribution in [0.5, 0.6) is 0 Å². The fraction of sp³-hybridized carbons (Fsp3) is 0. The van der Waals surface area contributed by atoms with Crippen LogP contribution in [0.2, 0.25) is 0 Å². The first-order valence-electron chi connectivity index (χ1n) is 5.38. The largest absolute Gasteiger partial charge is 0.498 e. The molecule has 0 aliphatic rings.